The average Bonchev–Trinajstić information content (AvgIpc) is 1.90. The number of hydrogen-bond donors (Lipinski definition) is 1. The lowest BCUT2D eigenvalue weighted by Crippen LogP contribution is -2.12. The average molecular weight is 98.1 g/mol. The van der Waals surface area contributed by atoms with E-state index in [2.05, 4.69) is 11.6 Å². The van der Waals surface area contributed by atoms with Gasteiger partial charge >= 0.3 is 0 Å². The fraction of sp³-hybridized carbons (Fsp3) is 0.600. The van der Waals surface area contributed by atoms with Crippen LogP contribution in [0.2, 0.25) is 0 Å². The molecular formula is C5H8NO. The molecule has 0 amide bonds. The molecular weight excluding hydrogens is 90.1 g/mol. The van der Waals surface area contributed by atoms with Crippen LogP contribution in [0.5, 0.6) is 0 Å². The molecule has 0 spiro atoms. The first-order chi connectivity index (χ1) is 3.50. The van der Waals surface area contributed by atoms with Crippen LogP contribution in [0.4, 0.5) is 0 Å². The molecule has 1 rings (SSSR count). The van der Waals surface area contributed by atoms with Crippen molar-refractivity contribution >= 4 is 0 Å². The summed E-state index contributed by atoms with van der Waals surface area (Å²) < 4.78 is 0. The Kier molecular flexibility index (Phi) is 1.90. The van der Waals surface area contributed by atoms with Crippen molar-refractivity contribution in [3.63, 3.8) is 0 Å². The third-order valence-corrected chi connectivity index (χ3v) is 0.780. The van der Waals surface area contributed by atoms with Crippen molar-refractivity contribution in [2.45, 2.75) is 6.42 Å². The van der Waals surface area contributed by atoms with E-state index in [4.69, 9.17) is 4.84 Å². The van der Waals surface area contributed by atoms with Gasteiger partial charge in [0.15, 0.2) is 0 Å². The normalized spacial score (nSPS) is 21.7. The van der Waals surface area contributed by atoms with Crippen LogP contribution < -0.4 is 5.48 Å². The smallest absolute Gasteiger partial charge is 0.0722 e. The molecule has 1 aliphatic rings. The molecule has 0 saturated heterocycles. The van der Waals surface area contributed by atoms with E-state index in [1.54, 1.807) is 0 Å². The second-order valence-electron chi connectivity index (χ2n) is 1.36. The second kappa shape index (κ2) is 2.77. The Balaban J connectivity index is 2.20. The van der Waals surface area contributed by atoms with Crippen LogP contribution in [0.3, 0.4) is 0 Å². The molecule has 1 aliphatic heterocycles. The zero-order valence-corrected chi connectivity index (χ0v) is 4.11. The van der Waals surface area contributed by atoms with Crippen LogP contribution in [0, 0.1) is 6.08 Å². The Labute approximate surface area is 43.1 Å². The SMILES string of the molecule is [C]1=CCNOCC1. The lowest BCUT2D eigenvalue weighted by molar-refractivity contribution is 0.0553. The van der Waals surface area contributed by atoms with Crippen molar-refractivity contribution in [1.29, 1.82) is 0 Å². The Hall–Kier alpha value is -0.340. The number of hydroxylamine groups is 1. The molecule has 7 heavy (non-hydrogen) atoms. The van der Waals surface area contributed by atoms with Crippen LogP contribution in [-0.2, 0) is 4.84 Å². The highest BCUT2D eigenvalue weighted by Gasteiger charge is 1.86. The topological polar surface area (TPSA) is 21.3 Å². The van der Waals surface area contributed by atoms with Gasteiger partial charge in [-0.05, 0) is 12.5 Å². The fourth-order valence-electron chi connectivity index (χ4n) is 0.457. The van der Waals surface area contributed by atoms with Crippen molar-refractivity contribution in [3.05, 3.63) is 12.2 Å². The molecule has 2 heteroatoms. The van der Waals surface area contributed by atoms with Gasteiger partial charge in [0.1, 0.15) is 0 Å². The van der Waals surface area contributed by atoms with Crippen LogP contribution in [0.1, 0.15) is 6.42 Å². The molecule has 0 aliphatic carbocycles. The lowest BCUT2D eigenvalue weighted by Gasteiger charge is -1.94. The summed E-state index contributed by atoms with van der Waals surface area (Å²) in [5.74, 6) is 0. The van der Waals surface area contributed by atoms with Crippen LogP contribution in [0.25, 0.3) is 0 Å². The molecule has 1 radical (unpaired) electrons. The van der Waals surface area contributed by atoms with Gasteiger partial charge < -0.3 is 4.84 Å². The summed E-state index contributed by atoms with van der Waals surface area (Å²) in [6, 6.07) is 0. The highest BCUT2D eigenvalue weighted by atomic mass is 16.6. The minimum atomic E-state index is 0.747. The zero-order valence-electron chi connectivity index (χ0n) is 4.11. The molecule has 1 heterocycles. The summed E-state index contributed by atoms with van der Waals surface area (Å²) >= 11 is 0. The van der Waals surface area contributed by atoms with Crippen molar-refractivity contribution in [2.75, 3.05) is 13.2 Å². The minimum Gasteiger partial charge on any atom is -0.301 e. The minimum absolute atomic E-state index is 0.747. The molecule has 0 atom stereocenters. The van der Waals surface area contributed by atoms with Gasteiger partial charge in [-0.2, -0.15) is 5.48 Å². The molecule has 0 aromatic carbocycles. The zero-order chi connectivity index (χ0) is 4.95. The van der Waals surface area contributed by atoms with Crippen LogP contribution in [-0.4, -0.2) is 13.2 Å². The van der Waals surface area contributed by atoms with E-state index < -0.39 is 0 Å². The first-order valence-corrected chi connectivity index (χ1v) is 2.40. The van der Waals surface area contributed by atoms with E-state index >= 15 is 0 Å². The summed E-state index contributed by atoms with van der Waals surface area (Å²) in [6.07, 6.45) is 5.88. The van der Waals surface area contributed by atoms with E-state index in [0.717, 1.165) is 19.6 Å². The maximum absolute atomic E-state index is 4.85. The molecule has 0 aromatic heterocycles. The fourth-order valence-corrected chi connectivity index (χ4v) is 0.457. The molecule has 0 unspecified atom stereocenters. The van der Waals surface area contributed by atoms with E-state index in [1.807, 2.05) is 6.08 Å². The molecule has 0 fully saturated rings. The number of rotatable bonds is 0. The van der Waals surface area contributed by atoms with Crippen molar-refractivity contribution in [1.82, 2.24) is 5.48 Å². The molecule has 2 nitrogen and oxygen atoms in total. The van der Waals surface area contributed by atoms with Gasteiger partial charge in [-0.3, -0.25) is 0 Å². The molecule has 0 bridgehead atoms. The Bertz CT molecular complexity index is 62.5. The Morgan fingerprint density at radius 2 is 2.71 bits per heavy atom. The third-order valence-electron chi connectivity index (χ3n) is 0.780. The van der Waals surface area contributed by atoms with Crippen molar-refractivity contribution < 1.29 is 4.84 Å². The summed E-state index contributed by atoms with van der Waals surface area (Å²) in [5, 5.41) is 0. The first kappa shape index (κ1) is 4.81. The number of hydrogen-bond acceptors (Lipinski definition) is 2. The second-order valence-corrected chi connectivity index (χ2v) is 1.36. The summed E-state index contributed by atoms with van der Waals surface area (Å²) in [5.41, 5.74) is 2.73. The molecule has 39 valence electrons. The quantitative estimate of drug-likeness (QED) is 0.469. The van der Waals surface area contributed by atoms with E-state index in [1.165, 1.54) is 0 Å². The monoisotopic (exact) mass is 98.1 g/mol. The molecule has 1 N–H and O–H groups in total. The van der Waals surface area contributed by atoms with Gasteiger partial charge in [-0.1, -0.05) is 6.08 Å². The highest BCUT2D eigenvalue weighted by Crippen LogP contribution is 1.84. The largest absolute Gasteiger partial charge is 0.301 e. The summed E-state index contributed by atoms with van der Waals surface area (Å²) in [7, 11) is 0. The highest BCUT2D eigenvalue weighted by molar-refractivity contribution is 4.75. The predicted molar refractivity (Wildman–Crippen MR) is 26.4 cm³/mol. The van der Waals surface area contributed by atoms with Gasteiger partial charge in [-0.15, -0.1) is 0 Å². The van der Waals surface area contributed by atoms with Gasteiger partial charge in [0.25, 0.3) is 0 Å². The van der Waals surface area contributed by atoms with E-state index in [0.29, 0.717) is 0 Å². The van der Waals surface area contributed by atoms with Crippen molar-refractivity contribution in [3.8, 4) is 0 Å². The maximum Gasteiger partial charge on any atom is 0.0722 e. The van der Waals surface area contributed by atoms with Crippen LogP contribution in [0.15, 0.2) is 6.08 Å². The summed E-state index contributed by atoms with van der Waals surface area (Å²) in [6.45, 7) is 1.54. The van der Waals surface area contributed by atoms with Gasteiger partial charge in [0, 0.05) is 6.54 Å². The molecule has 0 saturated carbocycles. The number of nitrogens with one attached hydrogen (secondary N) is 1. The van der Waals surface area contributed by atoms with Crippen LogP contribution >= 0.6 is 0 Å². The van der Waals surface area contributed by atoms with E-state index in [9.17, 15) is 0 Å². The molecule has 0 aromatic rings. The van der Waals surface area contributed by atoms with Crippen molar-refractivity contribution in [2.24, 2.45) is 0 Å². The predicted octanol–water partition coefficient (Wildman–Crippen LogP) is 0.271. The summed E-state index contributed by atoms with van der Waals surface area (Å²) in [4.78, 5) is 4.85. The first-order valence-electron chi connectivity index (χ1n) is 2.40. The lowest BCUT2D eigenvalue weighted by atomic mass is 10.4. The maximum atomic E-state index is 4.85. The van der Waals surface area contributed by atoms with E-state index in [-0.39, 0.29) is 0 Å². The van der Waals surface area contributed by atoms with Gasteiger partial charge in [0.05, 0.1) is 6.61 Å². The van der Waals surface area contributed by atoms with Gasteiger partial charge in [0.2, 0.25) is 0 Å². The van der Waals surface area contributed by atoms with Gasteiger partial charge in [-0.25, -0.2) is 0 Å². The standard InChI is InChI=1S/C5H8NO/c1-2-4-6-7-5-3-1/h2,6H,3-5H2. The Morgan fingerprint density at radius 3 is 3.71 bits per heavy atom. The Morgan fingerprint density at radius 1 is 1.71 bits per heavy atom. The third kappa shape index (κ3) is 1.71.